The van der Waals surface area contributed by atoms with Crippen molar-refractivity contribution >= 4 is 11.4 Å². The third kappa shape index (κ3) is 3.71. The highest BCUT2D eigenvalue weighted by Gasteiger charge is 2.25. The van der Waals surface area contributed by atoms with Crippen LogP contribution in [-0.2, 0) is 13.0 Å². The molecule has 4 rings (SSSR count). The van der Waals surface area contributed by atoms with Gasteiger partial charge in [-0.3, -0.25) is 4.79 Å². The van der Waals surface area contributed by atoms with E-state index in [1.165, 1.54) is 0 Å². The van der Waals surface area contributed by atoms with E-state index in [-0.39, 0.29) is 11.9 Å². The van der Waals surface area contributed by atoms with Gasteiger partial charge in [-0.1, -0.05) is 19.9 Å². The summed E-state index contributed by atoms with van der Waals surface area (Å²) in [6.45, 7) is 6.89. The Morgan fingerprint density at radius 3 is 3.00 bits per heavy atom. The maximum Gasteiger partial charge on any atom is 0.272 e. The van der Waals surface area contributed by atoms with Crippen LogP contribution in [0.3, 0.4) is 0 Å². The monoisotopic (exact) mass is 367 g/mol. The molecule has 0 bridgehead atoms. The van der Waals surface area contributed by atoms with Gasteiger partial charge >= 0.3 is 0 Å². The molecule has 142 valence electrons. The fourth-order valence-corrected chi connectivity index (χ4v) is 3.53. The van der Waals surface area contributed by atoms with Crippen LogP contribution >= 0.6 is 0 Å². The van der Waals surface area contributed by atoms with Crippen molar-refractivity contribution in [2.24, 2.45) is 5.92 Å². The SMILES string of the molecule is CC(C)CC(NC(=O)c1cc2ccccn2n1)c1nnc2n1CCNCC2. The fraction of sp³-hybridized carbons (Fsp3) is 0.474. The van der Waals surface area contributed by atoms with Crippen molar-refractivity contribution in [1.29, 1.82) is 0 Å². The Morgan fingerprint density at radius 2 is 2.19 bits per heavy atom. The maximum absolute atomic E-state index is 12.9. The summed E-state index contributed by atoms with van der Waals surface area (Å²) in [5, 5.41) is 19.7. The van der Waals surface area contributed by atoms with Gasteiger partial charge in [-0.15, -0.1) is 10.2 Å². The van der Waals surface area contributed by atoms with Crippen LogP contribution in [0.4, 0.5) is 0 Å². The Hall–Kier alpha value is -2.74. The maximum atomic E-state index is 12.9. The van der Waals surface area contributed by atoms with E-state index in [1.54, 1.807) is 10.6 Å². The number of carbonyl (C=O) groups excluding carboxylic acids is 1. The zero-order valence-electron chi connectivity index (χ0n) is 15.7. The first-order valence-electron chi connectivity index (χ1n) is 9.50. The summed E-state index contributed by atoms with van der Waals surface area (Å²) in [7, 11) is 0. The van der Waals surface area contributed by atoms with Crippen LogP contribution in [0.5, 0.6) is 0 Å². The van der Waals surface area contributed by atoms with E-state index in [4.69, 9.17) is 0 Å². The molecule has 0 aromatic carbocycles. The van der Waals surface area contributed by atoms with E-state index < -0.39 is 0 Å². The number of hydrogen-bond acceptors (Lipinski definition) is 5. The zero-order valence-corrected chi connectivity index (χ0v) is 15.7. The van der Waals surface area contributed by atoms with Crippen molar-refractivity contribution in [2.45, 2.75) is 39.3 Å². The van der Waals surface area contributed by atoms with E-state index in [0.29, 0.717) is 11.6 Å². The second kappa shape index (κ2) is 7.48. The molecule has 2 N–H and O–H groups in total. The Balaban J connectivity index is 1.61. The van der Waals surface area contributed by atoms with Gasteiger partial charge in [0, 0.05) is 32.3 Å². The normalized spacial score (nSPS) is 15.5. The van der Waals surface area contributed by atoms with Gasteiger partial charge in [0.05, 0.1) is 11.6 Å². The average molecular weight is 367 g/mol. The minimum absolute atomic E-state index is 0.187. The number of aromatic nitrogens is 5. The Labute approximate surface area is 158 Å². The number of carbonyl (C=O) groups is 1. The van der Waals surface area contributed by atoms with Gasteiger partial charge in [0.25, 0.3) is 5.91 Å². The van der Waals surface area contributed by atoms with Gasteiger partial charge in [-0.25, -0.2) is 4.52 Å². The standard InChI is InChI=1S/C19H25N7O/c1-13(2)11-15(18-23-22-17-6-7-20-8-10-25(17)18)21-19(27)16-12-14-5-3-4-9-26(14)24-16/h3-5,9,12-13,15,20H,6-8,10-11H2,1-2H3,(H,21,27). The van der Waals surface area contributed by atoms with Gasteiger partial charge in [-0.05, 0) is 30.5 Å². The molecule has 0 aliphatic carbocycles. The highest BCUT2D eigenvalue weighted by molar-refractivity contribution is 5.93. The first-order valence-corrected chi connectivity index (χ1v) is 9.50. The van der Waals surface area contributed by atoms with Crippen LogP contribution in [0.1, 0.15) is 48.4 Å². The number of hydrogen-bond donors (Lipinski definition) is 2. The van der Waals surface area contributed by atoms with E-state index >= 15 is 0 Å². The predicted octanol–water partition coefficient (Wildman–Crippen LogP) is 1.59. The van der Waals surface area contributed by atoms with Gasteiger partial charge in [-0.2, -0.15) is 5.10 Å². The summed E-state index contributed by atoms with van der Waals surface area (Å²) in [6.07, 6.45) is 3.48. The Bertz CT molecular complexity index is 910. The number of nitrogens with zero attached hydrogens (tertiary/aromatic N) is 5. The van der Waals surface area contributed by atoms with Gasteiger partial charge in [0.15, 0.2) is 11.5 Å². The molecular formula is C19H25N7O. The van der Waals surface area contributed by atoms with Crippen molar-refractivity contribution in [2.75, 3.05) is 13.1 Å². The van der Waals surface area contributed by atoms with Gasteiger partial charge < -0.3 is 15.2 Å². The quantitative estimate of drug-likeness (QED) is 0.715. The first-order chi connectivity index (χ1) is 13.1. The number of fused-ring (bicyclic) bond motifs is 2. The largest absolute Gasteiger partial charge is 0.341 e. The molecule has 4 heterocycles. The number of nitrogens with one attached hydrogen (secondary N) is 2. The Morgan fingerprint density at radius 1 is 1.30 bits per heavy atom. The molecule has 8 nitrogen and oxygen atoms in total. The summed E-state index contributed by atoms with van der Waals surface area (Å²) in [5.41, 5.74) is 1.30. The lowest BCUT2D eigenvalue weighted by atomic mass is 10.0. The minimum atomic E-state index is -0.193. The van der Waals surface area contributed by atoms with Crippen molar-refractivity contribution in [3.8, 4) is 0 Å². The molecule has 0 fully saturated rings. The first kappa shape index (κ1) is 17.7. The summed E-state index contributed by atoms with van der Waals surface area (Å²) in [4.78, 5) is 12.9. The molecule has 8 heteroatoms. The topological polar surface area (TPSA) is 89.1 Å². The molecular weight excluding hydrogens is 342 g/mol. The van der Waals surface area contributed by atoms with E-state index in [2.05, 4.69) is 44.3 Å². The molecule has 1 amide bonds. The molecule has 0 saturated heterocycles. The van der Waals surface area contributed by atoms with Crippen LogP contribution in [0.2, 0.25) is 0 Å². The second-order valence-electron chi connectivity index (χ2n) is 7.38. The molecule has 1 aliphatic heterocycles. The molecule has 3 aromatic rings. The molecule has 1 aliphatic rings. The molecule has 1 unspecified atom stereocenters. The van der Waals surface area contributed by atoms with Crippen LogP contribution in [0.25, 0.3) is 5.52 Å². The van der Waals surface area contributed by atoms with Crippen molar-refractivity contribution in [1.82, 2.24) is 35.0 Å². The lowest BCUT2D eigenvalue weighted by Crippen LogP contribution is -2.32. The van der Waals surface area contributed by atoms with Gasteiger partial charge in [0.2, 0.25) is 0 Å². The molecule has 0 spiro atoms. The average Bonchev–Trinajstić information content (AvgIpc) is 3.18. The Kier molecular flexibility index (Phi) is 4.89. The number of pyridine rings is 1. The van der Waals surface area contributed by atoms with Crippen LogP contribution in [0, 0.1) is 5.92 Å². The lowest BCUT2D eigenvalue weighted by Gasteiger charge is -2.20. The van der Waals surface area contributed by atoms with Crippen LogP contribution in [0.15, 0.2) is 30.5 Å². The lowest BCUT2D eigenvalue weighted by molar-refractivity contribution is 0.0923. The summed E-state index contributed by atoms with van der Waals surface area (Å²) in [5.74, 6) is 2.03. The zero-order chi connectivity index (χ0) is 18.8. The van der Waals surface area contributed by atoms with Crippen LogP contribution in [-0.4, -0.2) is 43.4 Å². The minimum Gasteiger partial charge on any atom is -0.341 e. The summed E-state index contributed by atoms with van der Waals surface area (Å²) < 4.78 is 3.86. The van der Waals surface area contributed by atoms with Crippen LogP contribution < -0.4 is 10.6 Å². The highest BCUT2D eigenvalue weighted by Crippen LogP contribution is 2.22. The number of rotatable bonds is 5. The van der Waals surface area contributed by atoms with Crippen molar-refractivity contribution in [3.63, 3.8) is 0 Å². The van der Waals surface area contributed by atoms with Crippen molar-refractivity contribution in [3.05, 3.63) is 47.8 Å². The van der Waals surface area contributed by atoms with Crippen molar-refractivity contribution < 1.29 is 4.79 Å². The smallest absolute Gasteiger partial charge is 0.272 e. The predicted molar refractivity (Wildman–Crippen MR) is 101 cm³/mol. The molecule has 3 aromatic heterocycles. The second-order valence-corrected chi connectivity index (χ2v) is 7.38. The molecule has 0 saturated carbocycles. The molecule has 1 atom stereocenters. The third-order valence-corrected chi connectivity index (χ3v) is 4.82. The third-order valence-electron chi connectivity index (χ3n) is 4.82. The van der Waals surface area contributed by atoms with E-state index in [0.717, 1.165) is 49.6 Å². The molecule has 0 radical (unpaired) electrons. The van der Waals surface area contributed by atoms with E-state index in [1.807, 2.05) is 24.4 Å². The van der Waals surface area contributed by atoms with E-state index in [9.17, 15) is 4.79 Å². The highest BCUT2D eigenvalue weighted by atomic mass is 16.2. The fourth-order valence-electron chi connectivity index (χ4n) is 3.53. The summed E-state index contributed by atoms with van der Waals surface area (Å²) >= 11 is 0. The molecule has 27 heavy (non-hydrogen) atoms. The number of amides is 1. The summed E-state index contributed by atoms with van der Waals surface area (Å²) in [6, 6.07) is 7.36. The van der Waals surface area contributed by atoms with Gasteiger partial charge in [0.1, 0.15) is 5.82 Å².